The van der Waals surface area contributed by atoms with Crippen molar-refractivity contribution in [1.29, 1.82) is 0 Å². The second-order valence-corrected chi connectivity index (χ2v) is 4.51. The Morgan fingerprint density at radius 2 is 1.67 bits per heavy atom. The van der Waals surface area contributed by atoms with E-state index < -0.39 is 5.38 Å². The fourth-order valence-electron chi connectivity index (χ4n) is 1.68. The Bertz CT molecular complexity index is 539. The number of nitrogens with one attached hydrogen (secondary N) is 1. The first-order valence-electron chi connectivity index (χ1n) is 5.74. The minimum Gasteiger partial charge on any atom is -0.324 e. The fraction of sp³-hybridized carbons (Fsp3) is 0.133. The summed E-state index contributed by atoms with van der Waals surface area (Å²) in [5, 5.41) is 2.16. The topological polar surface area (TPSA) is 29.1 Å². The molecular formula is C15H14ClNO. The summed E-state index contributed by atoms with van der Waals surface area (Å²) in [6.07, 6.45) is 0. The summed E-state index contributed by atoms with van der Waals surface area (Å²) in [5.41, 5.74) is 2.61. The number of para-hydroxylation sites is 1. The first-order chi connectivity index (χ1) is 8.68. The lowest BCUT2D eigenvalue weighted by Crippen LogP contribution is -2.17. The van der Waals surface area contributed by atoms with Gasteiger partial charge in [-0.15, -0.1) is 11.6 Å². The summed E-state index contributed by atoms with van der Waals surface area (Å²) in [6, 6.07) is 16.9. The maximum atomic E-state index is 12.0. The van der Waals surface area contributed by atoms with E-state index in [0.717, 1.165) is 16.8 Å². The number of aryl methyl sites for hydroxylation is 1. The van der Waals surface area contributed by atoms with Gasteiger partial charge in [0.25, 0.3) is 0 Å². The second-order valence-electron chi connectivity index (χ2n) is 4.08. The van der Waals surface area contributed by atoms with Crippen LogP contribution >= 0.6 is 11.6 Å². The van der Waals surface area contributed by atoms with E-state index >= 15 is 0 Å². The van der Waals surface area contributed by atoms with Gasteiger partial charge in [-0.25, -0.2) is 0 Å². The maximum absolute atomic E-state index is 12.0. The molecule has 92 valence electrons. The minimum atomic E-state index is -0.675. The Labute approximate surface area is 112 Å². The van der Waals surface area contributed by atoms with Crippen LogP contribution in [0.2, 0.25) is 0 Å². The smallest absolute Gasteiger partial charge is 0.246 e. The molecule has 1 atom stereocenters. The lowest BCUT2D eigenvalue weighted by molar-refractivity contribution is -0.116. The van der Waals surface area contributed by atoms with Crippen molar-refractivity contribution in [1.82, 2.24) is 0 Å². The molecule has 0 saturated carbocycles. The van der Waals surface area contributed by atoms with Crippen LogP contribution in [0.1, 0.15) is 16.5 Å². The molecule has 0 aliphatic carbocycles. The van der Waals surface area contributed by atoms with E-state index in [2.05, 4.69) is 5.32 Å². The van der Waals surface area contributed by atoms with Gasteiger partial charge in [-0.05, 0) is 24.1 Å². The average Bonchev–Trinajstić information content (AvgIpc) is 2.41. The number of carbonyl (C=O) groups excluding carboxylic acids is 1. The molecule has 0 bridgehead atoms. The predicted octanol–water partition coefficient (Wildman–Crippen LogP) is 3.91. The quantitative estimate of drug-likeness (QED) is 0.832. The molecule has 2 aromatic rings. The minimum absolute atomic E-state index is 0.211. The first kappa shape index (κ1) is 12.7. The van der Waals surface area contributed by atoms with E-state index in [-0.39, 0.29) is 5.91 Å². The van der Waals surface area contributed by atoms with Gasteiger partial charge in [0, 0.05) is 5.69 Å². The number of hydrogen-bond acceptors (Lipinski definition) is 1. The van der Waals surface area contributed by atoms with E-state index in [1.54, 1.807) is 0 Å². The van der Waals surface area contributed by atoms with Crippen LogP contribution < -0.4 is 5.32 Å². The van der Waals surface area contributed by atoms with Crippen molar-refractivity contribution < 1.29 is 4.79 Å². The Balaban J connectivity index is 2.12. The van der Waals surface area contributed by atoms with Crippen molar-refractivity contribution in [3.8, 4) is 0 Å². The summed E-state index contributed by atoms with van der Waals surface area (Å²) in [6.45, 7) is 1.95. The summed E-state index contributed by atoms with van der Waals surface area (Å²) >= 11 is 6.15. The monoisotopic (exact) mass is 259 g/mol. The van der Waals surface area contributed by atoms with E-state index in [4.69, 9.17) is 11.6 Å². The first-order valence-corrected chi connectivity index (χ1v) is 6.17. The number of hydrogen-bond donors (Lipinski definition) is 1. The molecule has 0 heterocycles. The molecule has 0 fully saturated rings. The van der Waals surface area contributed by atoms with Gasteiger partial charge in [0.2, 0.25) is 5.91 Å². The molecule has 0 aliphatic heterocycles. The van der Waals surface area contributed by atoms with Crippen molar-refractivity contribution in [3.05, 3.63) is 65.7 Å². The number of alkyl halides is 1. The number of amides is 1. The zero-order valence-corrected chi connectivity index (χ0v) is 10.8. The van der Waals surface area contributed by atoms with Crippen LogP contribution in [0.5, 0.6) is 0 Å². The van der Waals surface area contributed by atoms with Gasteiger partial charge in [0.05, 0.1) is 0 Å². The van der Waals surface area contributed by atoms with Crippen LogP contribution in [0, 0.1) is 6.92 Å². The van der Waals surface area contributed by atoms with Gasteiger partial charge < -0.3 is 5.32 Å². The van der Waals surface area contributed by atoms with E-state index in [1.165, 1.54) is 0 Å². The Morgan fingerprint density at radius 3 is 2.33 bits per heavy atom. The predicted molar refractivity (Wildman–Crippen MR) is 74.8 cm³/mol. The largest absolute Gasteiger partial charge is 0.324 e. The maximum Gasteiger partial charge on any atom is 0.246 e. The zero-order valence-electron chi connectivity index (χ0n) is 10.1. The van der Waals surface area contributed by atoms with Gasteiger partial charge in [-0.1, -0.05) is 48.5 Å². The number of rotatable bonds is 3. The van der Waals surface area contributed by atoms with Crippen LogP contribution in [-0.2, 0) is 4.79 Å². The average molecular weight is 260 g/mol. The number of carbonyl (C=O) groups is 1. The Hall–Kier alpha value is -1.80. The molecule has 18 heavy (non-hydrogen) atoms. The molecule has 2 nitrogen and oxygen atoms in total. The lowest BCUT2D eigenvalue weighted by Gasteiger charge is -2.12. The molecule has 2 rings (SSSR count). The van der Waals surface area contributed by atoms with Crippen molar-refractivity contribution >= 4 is 23.2 Å². The number of anilines is 1. The van der Waals surface area contributed by atoms with E-state index in [0.29, 0.717) is 0 Å². The highest BCUT2D eigenvalue weighted by molar-refractivity contribution is 6.32. The van der Waals surface area contributed by atoms with Crippen LogP contribution in [0.4, 0.5) is 5.69 Å². The molecule has 0 aliphatic rings. The molecule has 0 saturated heterocycles. The molecule has 1 N–H and O–H groups in total. The van der Waals surface area contributed by atoms with Crippen LogP contribution in [0.15, 0.2) is 54.6 Å². The normalized spacial score (nSPS) is 11.9. The summed E-state index contributed by atoms with van der Waals surface area (Å²) in [7, 11) is 0. The molecule has 1 amide bonds. The van der Waals surface area contributed by atoms with Crippen LogP contribution in [0.25, 0.3) is 0 Å². The van der Waals surface area contributed by atoms with Gasteiger partial charge in [-0.3, -0.25) is 4.79 Å². The van der Waals surface area contributed by atoms with Gasteiger partial charge in [-0.2, -0.15) is 0 Å². The highest BCUT2D eigenvalue weighted by Gasteiger charge is 2.17. The summed E-state index contributed by atoms with van der Waals surface area (Å²) < 4.78 is 0. The zero-order chi connectivity index (χ0) is 13.0. The third-order valence-electron chi connectivity index (χ3n) is 2.73. The highest BCUT2D eigenvalue weighted by atomic mass is 35.5. The Morgan fingerprint density at radius 1 is 1.06 bits per heavy atom. The third-order valence-corrected chi connectivity index (χ3v) is 3.18. The fourth-order valence-corrected chi connectivity index (χ4v) is 1.88. The number of benzene rings is 2. The van der Waals surface area contributed by atoms with Crippen molar-refractivity contribution in [3.63, 3.8) is 0 Å². The van der Waals surface area contributed by atoms with Crippen LogP contribution in [0.3, 0.4) is 0 Å². The number of halogens is 1. The summed E-state index contributed by atoms with van der Waals surface area (Å²) in [5.74, 6) is -0.211. The summed E-state index contributed by atoms with van der Waals surface area (Å²) in [4.78, 5) is 12.0. The molecule has 0 spiro atoms. The standard InChI is InChI=1S/C15H14ClNO/c1-11-7-5-6-10-13(11)17-15(18)14(16)12-8-3-2-4-9-12/h2-10,14H,1H3,(H,17,18). The van der Waals surface area contributed by atoms with Crippen molar-refractivity contribution in [2.75, 3.05) is 5.32 Å². The molecule has 0 radical (unpaired) electrons. The molecule has 2 aromatic carbocycles. The van der Waals surface area contributed by atoms with Gasteiger partial charge in [0.15, 0.2) is 0 Å². The second kappa shape index (κ2) is 5.69. The van der Waals surface area contributed by atoms with Gasteiger partial charge >= 0.3 is 0 Å². The van der Waals surface area contributed by atoms with E-state index in [9.17, 15) is 4.79 Å². The molecule has 0 aromatic heterocycles. The van der Waals surface area contributed by atoms with Gasteiger partial charge in [0.1, 0.15) is 5.38 Å². The molecular weight excluding hydrogens is 246 g/mol. The lowest BCUT2D eigenvalue weighted by atomic mass is 10.1. The highest BCUT2D eigenvalue weighted by Crippen LogP contribution is 2.23. The van der Waals surface area contributed by atoms with E-state index in [1.807, 2.05) is 61.5 Å². The molecule has 3 heteroatoms. The van der Waals surface area contributed by atoms with Crippen molar-refractivity contribution in [2.45, 2.75) is 12.3 Å². The SMILES string of the molecule is Cc1ccccc1NC(=O)C(Cl)c1ccccc1. The Kier molecular flexibility index (Phi) is 4.00. The third kappa shape index (κ3) is 2.90. The van der Waals surface area contributed by atoms with Crippen molar-refractivity contribution in [2.24, 2.45) is 0 Å². The van der Waals surface area contributed by atoms with Crippen LogP contribution in [-0.4, -0.2) is 5.91 Å². The molecule has 1 unspecified atom stereocenters.